The second-order valence-electron chi connectivity index (χ2n) is 4.17. The van der Waals surface area contributed by atoms with Gasteiger partial charge in [-0.1, -0.05) is 37.0 Å². The predicted molar refractivity (Wildman–Crippen MR) is 70.5 cm³/mol. The minimum absolute atomic E-state index is 0.118. The summed E-state index contributed by atoms with van der Waals surface area (Å²) in [6, 6.07) is 6.59. The Morgan fingerprint density at radius 1 is 1.12 bits per heavy atom. The maximum atomic E-state index is 11.8. The molecule has 0 saturated heterocycles. The van der Waals surface area contributed by atoms with Gasteiger partial charge in [-0.2, -0.15) is 0 Å². The maximum absolute atomic E-state index is 11.8. The van der Waals surface area contributed by atoms with Crippen molar-refractivity contribution in [3.63, 3.8) is 0 Å². The minimum atomic E-state index is -0.118. The first kappa shape index (κ1) is 12.3. The van der Waals surface area contributed by atoms with Gasteiger partial charge in [-0.05, 0) is 24.1 Å². The van der Waals surface area contributed by atoms with Crippen LogP contribution in [0.2, 0.25) is 10.0 Å². The lowest BCUT2D eigenvalue weighted by atomic mass is 10.1. The molecule has 0 amide bonds. The van der Waals surface area contributed by atoms with Gasteiger partial charge in [0.2, 0.25) is 0 Å². The second-order valence-corrected chi connectivity index (χ2v) is 5.04. The summed E-state index contributed by atoms with van der Waals surface area (Å²) in [5, 5.41) is 4.04. The average Bonchev–Trinajstić information content (AvgIpc) is 2.59. The summed E-state index contributed by atoms with van der Waals surface area (Å²) in [4.78, 5) is 11.8. The minimum Gasteiger partial charge on any atom is -0.295 e. The Balaban J connectivity index is 2.56. The van der Waals surface area contributed by atoms with Gasteiger partial charge in [0.1, 0.15) is 0 Å². The molecule has 0 unspecified atom stereocenters. The molecule has 0 spiro atoms. The van der Waals surface area contributed by atoms with E-state index in [1.165, 1.54) is 4.68 Å². The molecule has 1 N–H and O–H groups in total. The largest absolute Gasteiger partial charge is 0.295 e. The summed E-state index contributed by atoms with van der Waals surface area (Å²) in [5.41, 5.74) is 1.40. The lowest BCUT2D eigenvalue weighted by Gasteiger charge is -2.05. The zero-order valence-electron chi connectivity index (χ0n) is 9.50. The van der Waals surface area contributed by atoms with E-state index in [-0.39, 0.29) is 11.5 Å². The second kappa shape index (κ2) is 4.59. The SMILES string of the molecule is CC(C)c1cc(=O)n(-c2cc(Cl)cc(Cl)c2)[nH]1. The first-order valence-corrected chi connectivity index (χ1v) is 6.01. The van der Waals surface area contributed by atoms with E-state index in [1.54, 1.807) is 24.3 Å². The third-order valence-electron chi connectivity index (χ3n) is 2.47. The van der Waals surface area contributed by atoms with Crippen LogP contribution in [0.15, 0.2) is 29.1 Å². The fraction of sp³-hybridized carbons (Fsp3) is 0.250. The van der Waals surface area contributed by atoms with Gasteiger partial charge in [-0.3, -0.25) is 9.89 Å². The summed E-state index contributed by atoms with van der Waals surface area (Å²) < 4.78 is 1.44. The van der Waals surface area contributed by atoms with Crippen LogP contribution in [-0.2, 0) is 0 Å². The number of nitrogens with one attached hydrogen (secondary N) is 1. The van der Waals surface area contributed by atoms with Gasteiger partial charge in [-0.25, -0.2) is 4.68 Å². The van der Waals surface area contributed by atoms with Crippen molar-refractivity contribution >= 4 is 23.2 Å². The molecule has 0 aliphatic heterocycles. The highest BCUT2D eigenvalue weighted by atomic mass is 35.5. The number of hydrogen-bond donors (Lipinski definition) is 1. The van der Waals surface area contributed by atoms with Gasteiger partial charge in [0.05, 0.1) is 5.69 Å². The topological polar surface area (TPSA) is 37.8 Å². The highest BCUT2D eigenvalue weighted by molar-refractivity contribution is 6.34. The van der Waals surface area contributed by atoms with Gasteiger partial charge in [0, 0.05) is 21.8 Å². The van der Waals surface area contributed by atoms with Crippen LogP contribution >= 0.6 is 23.2 Å². The summed E-state index contributed by atoms with van der Waals surface area (Å²) >= 11 is 11.8. The van der Waals surface area contributed by atoms with Crippen LogP contribution in [-0.4, -0.2) is 9.78 Å². The quantitative estimate of drug-likeness (QED) is 0.890. The van der Waals surface area contributed by atoms with E-state index in [4.69, 9.17) is 23.2 Å². The van der Waals surface area contributed by atoms with Crippen molar-refractivity contribution in [2.24, 2.45) is 0 Å². The summed E-state index contributed by atoms with van der Waals surface area (Å²) in [6.07, 6.45) is 0. The zero-order chi connectivity index (χ0) is 12.6. The van der Waals surface area contributed by atoms with Crippen molar-refractivity contribution in [1.29, 1.82) is 0 Å². The number of H-pyrrole nitrogens is 1. The number of benzene rings is 1. The van der Waals surface area contributed by atoms with Crippen molar-refractivity contribution in [3.8, 4) is 5.69 Å². The van der Waals surface area contributed by atoms with Crippen LogP contribution in [0.5, 0.6) is 0 Å². The van der Waals surface area contributed by atoms with Gasteiger partial charge < -0.3 is 0 Å². The monoisotopic (exact) mass is 270 g/mol. The third-order valence-corrected chi connectivity index (χ3v) is 2.90. The first-order chi connectivity index (χ1) is 7.97. The van der Waals surface area contributed by atoms with Crippen LogP contribution < -0.4 is 5.56 Å². The van der Waals surface area contributed by atoms with Gasteiger partial charge in [0.15, 0.2) is 0 Å². The van der Waals surface area contributed by atoms with E-state index in [2.05, 4.69) is 5.10 Å². The van der Waals surface area contributed by atoms with E-state index in [1.807, 2.05) is 13.8 Å². The molecular weight excluding hydrogens is 259 g/mol. The highest BCUT2D eigenvalue weighted by Crippen LogP contribution is 2.21. The number of rotatable bonds is 2. The van der Waals surface area contributed by atoms with Gasteiger partial charge in [-0.15, -0.1) is 0 Å². The van der Waals surface area contributed by atoms with Crippen molar-refractivity contribution in [3.05, 3.63) is 50.4 Å². The Bertz CT molecular complexity index is 579. The summed E-state index contributed by atoms with van der Waals surface area (Å²) in [7, 11) is 0. The molecule has 0 bridgehead atoms. The molecule has 0 radical (unpaired) electrons. The molecule has 17 heavy (non-hydrogen) atoms. The van der Waals surface area contributed by atoms with Crippen molar-refractivity contribution < 1.29 is 0 Å². The maximum Gasteiger partial charge on any atom is 0.271 e. The van der Waals surface area contributed by atoms with Crippen molar-refractivity contribution in [2.75, 3.05) is 0 Å². The highest BCUT2D eigenvalue weighted by Gasteiger charge is 2.08. The summed E-state index contributed by atoms with van der Waals surface area (Å²) in [6.45, 7) is 4.03. The molecule has 0 atom stereocenters. The van der Waals surface area contributed by atoms with E-state index in [0.29, 0.717) is 15.7 Å². The average molecular weight is 271 g/mol. The molecule has 1 aromatic carbocycles. The van der Waals surface area contributed by atoms with Crippen LogP contribution in [0.1, 0.15) is 25.5 Å². The first-order valence-electron chi connectivity index (χ1n) is 5.26. The van der Waals surface area contributed by atoms with Crippen LogP contribution in [0.25, 0.3) is 5.69 Å². The molecule has 0 saturated carbocycles. The smallest absolute Gasteiger partial charge is 0.271 e. The number of halogens is 2. The lowest BCUT2D eigenvalue weighted by molar-refractivity contribution is 0.760. The predicted octanol–water partition coefficient (Wildman–Crippen LogP) is 3.60. The van der Waals surface area contributed by atoms with Gasteiger partial charge in [0.25, 0.3) is 5.56 Å². The van der Waals surface area contributed by atoms with Crippen LogP contribution in [0.4, 0.5) is 0 Å². The molecule has 0 fully saturated rings. The summed E-state index contributed by atoms with van der Waals surface area (Å²) in [5.74, 6) is 0.263. The van der Waals surface area contributed by atoms with E-state index >= 15 is 0 Å². The Hall–Kier alpha value is -1.19. The molecular formula is C12H12Cl2N2O. The molecule has 1 heterocycles. The molecule has 1 aromatic heterocycles. The van der Waals surface area contributed by atoms with Crippen LogP contribution in [0, 0.1) is 0 Å². The third kappa shape index (κ3) is 2.56. The Morgan fingerprint density at radius 3 is 2.18 bits per heavy atom. The van der Waals surface area contributed by atoms with Crippen molar-refractivity contribution in [1.82, 2.24) is 9.78 Å². The fourth-order valence-electron chi connectivity index (χ4n) is 1.57. The number of aromatic amines is 1. The normalized spacial score (nSPS) is 11.1. The zero-order valence-corrected chi connectivity index (χ0v) is 11.0. The Labute approximate surface area is 109 Å². The van der Waals surface area contributed by atoms with Gasteiger partial charge >= 0.3 is 0 Å². The van der Waals surface area contributed by atoms with Crippen molar-refractivity contribution in [2.45, 2.75) is 19.8 Å². The molecule has 90 valence electrons. The molecule has 0 aliphatic carbocycles. The standard InChI is InChI=1S/C12H12Cl2N2O/c1-7(2)11-6-12(17)16(15-11)10-4-8(13)3-9(14)5-10/h3-7,15H,1-2H3. The molecule has 2 aromatic rings. The molecule has 0 aliphatic rings. The molecule has 3 nitrogen and oxygen atoms in total. The van der Waals surface area contributed by atoms with E-state index < -0.39 is 0 Å². The Kier molecular flexibility index (Phi) is 3.31. The Morgan fingerprint density at radius 2 is 1.71 bits per heavy atom. The number of nitrogens with zero attached hydrogens (tertiary/aromatic N) is 1. The number of aromatic nitrogens is 2. The lowest BCUT2D eigenvalue weighted by Crippen LogP contribution is -2.13. The van der Waals surface area contributed by atoms with Crippen LogP contribution in [0.3, 0.4) is 0 Å². The fourth-order valence-corrected chi connectivity index (χ4v) is 2.08. The van der Waals surface area contributed by atoms with E-state index in [0.717, 1.165) is 5.69 Å². The molecule has 2 rings (SSSR count). The van der Waals surface area contributed by atoms with E-state index in [9.17, 15) is 4.79 Å². The number of hydrogen-bond acceptors (Lipinski definition) is 1. The molecule has 5 heteroatoms.